The second-order valence-corrected chi connectivity index (χ2v) is 3.96. The van der Waals surface area contributed by atoms with Gasteiger partial charge in [0.1, 0.15) is 0 Å². The third-order valence-electron chi connectivity index (χ3n) is 2.87. The van der Waals surface area contributed by atoms with Gasteiger partial charge in [0.25, 0.3) is 0 Å². The molecular weight excluding hydrogens is 186 g/mol. The Morgan fingerprint density at radius 2 is 2.20 bits per heavy atom. The van der Waals surface area contributed by atoms with Gasteiger partial charge in [0.05, 0.1) is 0 Å². The second-order valence-electron chi connectivity index (χ2n) is 3.96. The molecule has 78 valence electrons. The Kier molecular flexibility index (Phi) is 2.86. The molecule has 15 heavy (non-hydrogen) atoms. The highest BCUT2D eigenvalue weighted by Crippen LogP contribution is 2.46. The van der Waals surface area contributed by atoms with Crippen molar-refractivity contribution in [3.8, 4) is 0 Å². The fraction of sp³-hybridized carbons (Fsp3) is 0.308. The van der Waals surface area contributed by atoms with Crippen LogP contribution in [-0.2, 0) is 4.79 Å². The van der Waals surface area contributed by atoms with Crippen LogP contribution >= 0.6 is 0 Å². The van der Waals surface area contributed by atoms with Crippen LogP contribution in [0.15, 0.2) is 43.0 Å². The maximum atomic E-state index is 11.0. The van der Waals surface area contributed by atoms with Crippen molar-refractivity contribution < 1.29 is 4.79 Å². The lowest BCUT2D eigenvalue weighted by Gasteiger charge is -2.01. The largest absolute Gasteiger partial charge is 0.352 e. The van der Waals surface area contributed by atoms with E-state index >= 15 is 0 Å². The molecule has 0 aromatic heterocycles. The highest BCUT2D eigenvalue weighted by molar-refractivity contribution is 5.86. The minimum atomic E-state index is -0.0753. The lowest BCUT2D eigenvalue weighted by atomic mass is 10.1. The minimum Gasteiger partial charge on any atom is -0.352 e. The zero-order valence-corrected chi connectivity index (χ0v) is 8.65. The molecule has 0 radical (unpaired) electrons. The summed E-state index contributed by atoms with van der Waals surface area (Å²) in [6.07, 6.45) is 2.50. The first-order chi connectivity index (χ1) is 7.31. The summed E-state index contributed by atoms with van der Waals surface area (Å²) in [7, 11) is 0. The van der Waals surface area contributed by atoms with Crippen molar-refractivity contribution in [1.82, 2.24) is 5.32 Å². The van der Waals surface area contributed by atoms with E-state index in [1.54, 1.807) is 0 Å². The highest BCUT2D eigenvalue weighted by Gasteiger charge is 2.37. The van der Waals surface area contributed by atoms with Crippen molar-refractivity contribution in [3.05, 3.63) is 48.6 Å². The standard InChI is InChI=1S/C13H15NO/c1-2-13(15)14-9-11-8-12(11)10-6-4-3-5-7-10/h2-7,11-12H,1,8-9H2,(H,14,15)/t11-,12-/m0/s1. The molecule has 2 heteroatoms. The molecule has 1 aromatic rings. The summed E-state index contributed by atoms with van der Waals surface area (Å²) in [5, 5.41) is 2.84. The van der Waals surface area contributed by atoms with Gasteiger partial charge >= 0.3 is 0 Å². The first-order valence-corrected chi connectivity index (χ1v) is 5.26. The predicted molar refractivity (Wildman–Crippen MR) is 60.5 cm³/mol. The van der Waals surface area contributed by atoms with Crippen LogP contribution < -0.4 is 5.32 Å². The number of rotatable bonds is 4. The predicted octanol–water partition coefficient (Wildman–Crippen LogP) is 2.09. The topological polar surface area (TPSA) is 29.1 Å². The zero-order chi connectivity index (χ0) is 10.7. The molecule has 1 aliphatic rings. The maximum absolute atomic E-state index is 11.0. The first kappa shape index (κ1) is 9.97. The number of benzene rings is 1. The summed E-state index contributed by atoms with van der Waals surface area (Å²) in [6, 6.07) is 10.5. The lowest BCUT2D eigenvalue weighted by Crippen LogP contribution is -2.23. The van der Waals surface area contributed by atoms with Crippen molar-refractivity contribution in [1.29, 1.82) is 0 Å². The molecule has 1 amide bonds. The fourth-order valence-corrected chi connectivity index (χ4v) is 1.89. The highest BCUT2D eigenvalue weighted by atomic mass is 16.1. The van der Waals surface area contributed by atoms with Crippen LogP contribution in [0.4, 0.5) is 0 Å². The summed E-state index contributed by atoms with van der Waals surface area (Å²) >= 11 is 0. The maximum Gasteiger partial charge on any atom is 0.243 e. The molecule has 2 rings (SSSR count). The van der Waals surface area contributed by atoms with Gasteiger partial charge in [-0.05, 0) is 29.9 Å². The summed E-state index contributed by atoms with van der Waals surface area (Å²) in [5.41, 5.74) is 1.38. The van der Waals surface area contributed by atoms with E-state index in [0.29, 0.717) is 11.8 Å². The summed E-state index contributed by atoms with van der Waals surface area (Å²) < 4.78 is 0. The van der Waals surface area contributed by atoms with Gasteiger partial charge < -0.3 is 5.32 Å². The number of carbonyl (C=O) groups excluding carboxylic acids is 1. The SMILES string of the molecule is C=CC(=O)NC[C@@H]1C[C@H]1c1ccccc1. The van der Waals surface area contributed by atoms with Crippen LogP contribution in [0.25, 0.3) is 0 Å². The van der Waals surface area contributed by atoms with Crippen molar-refractivity contribution in [2.24, 2.45) is 5.92 Å². The van der Waals surface area contributed by atoms with Crippen LogP contribution in [0.5, 0.6) is 0 Å². The van der Waals surface area contributed by atoms with Crippen LogP contribution in [-0.4, -0.2) is 12.5 Å². The number of hydrogen-bond donors (Lipinski definition) is 1. The number of carbonyl (C=O) groups is 1. The quantitative estimate of drug-likeness (QED) is 0.742. The average molecular weight is 201 g/mol. The summed E-state index contributed by atoms with van der Waals surface area (Å²) in [6.45, 7) is 4.19. The molecule has 0 aliphatic heterocycles. The van der Waals surface area contributed by atoms with E-state index in [-0.39, 0.29) is 5.91 Å². The van der Waals surface area contributed by atoms with Crippen LogP contribution in [0.3, 0.4) is 0 Å². The summed E-state index contributed by atoms with van der Waals surface area (Å²) in [4.78, 5) is 11.0. The van der Waals surface area contributed by atoms with E-state index in [1.165, 1.54) is 18.1 Å². The Bertz CT molecular complexity index is 358. The van der Waals surface area contributed by atoms with Gasteiger partial charge in [0.15, 0.2) is 0 Å². The molecular formula is C13H15NO. The third-order valence-corrected chi connectivity index (χ3v) is 2.87. The van der Waals surface area contributed by atoms with E-state index in [4.69, 9.17) is 0 Å². The molecule has 0 saturated heterocycles. The molecule has 2 atom stereocenters. The molecule has 1 saturated carbocycles. The Morgan fingerprint density at radius 1 is 1.47 bits per heavy atom. The van der Waals surface area contributed by atoms with Gasteiger partial charge in [-0.3, -0.25) is 4.79 Å². The molecule has 0 unspecified atom stereocenters. The first-order valence-electron chi connectivity index (χ1n) is 5.26. The van der Waals surface area contributed by atoms with E-state index in [2.05, 4.69) is 36.2 Å². The molecule has 0 spiro atoms. The summed E-state index contributed by atoms with van der Waals surface area (Å²) in [5.74, 6) is 1.17. The van der Waals surface area contributed by atoms with E-state index in [1.807, 2.05) is 6.07 Å². The smallest absolute Gasteiger partial charge is 0.243 e. The van der Waals surface area contributed by atoms with Crippen molar-refractivity contribution in [2.75, 3.05) is 6.54 Å². The lowest BCUT2D eigenvalue weighted by molar-refractivity contribution is -0.116. The Labute approximate surface area is 90.0 Å². The van der Waals surface area contributed by atoms with Crippen LogP contribution in [0.1, 0.15) is 17.9 Å². The van der Waals surface area contributed by atoms with Crippen molar-refractivity contribution >= 4 is 5.91 Å². The van der Waals surface area contributed by atoms with Gasteiger partial charge in [0.2, 0.25) is 5.91 Å². The van der Waals surface area contributed by atoms with Gasteiger partial charge in [-0.15, -0.1) is 0 Å². The number of nitrogens with one attached hydrogen (secondary N) is 1. The molecule has 1 N–H and O–H groups in total. The molecule has 1 fully saturated rings. The Morgan fingerprint density at radius 3 is 2.87 bits per heavy atom. The van der Waals surface area contributed by atoms with E-state index in [0.717, 1.165) is 6.54 Å². The fourth-order valence-electron chi connectivity index (χ4n) is 1.89. The number of hydrogen-bond acceptors (Lipinski definition) is 1. The van der Waals surface area contributed by atoms with Crippen molar-refractivity contribution in [3.63, 3.8) is 0 Å². The van der Waals surface area contributed by atoms with E-state index < -0.39 is 0 Å². The molecule has 0 bridgehead atoms. The van der Waals surface area contributed by atoms with Gasteiger partial charge in [-0.2, -0.15) is 0 Å². The average Bonchev–Trinajstić information content (AvgIpc) is 3.06. The number of amides is 1. The Balaban J connectivity index is 1.82. The molecule has 1 aliphatic carbocycles. The van der Waals surface area contributed by atoms with Crippen LogP contribution in [0.2, 0.25) is 0 Å². The molecule has 1 aromatic carbocycles. The molecule has 2 nitrogen and oxygen atoms in total. The zero-order valence-electron chi connectivity index (χ0n) is 8.65. The van der Waals surface area contributed by atoms with E-state index in [9.17, 15) is 4.79 Å². The normalized spacial score (nSPS) is 23.2. The van der Waals surface area contributed by atoms with Gasteiger partial charge in [-0.25, -0.2) is 0 Å². The van der Waals surface area contributed by atoms with Crippen LogP contribution in [0, 0.1) is 5.92 Å². The monoisotopic (exact) mass is 201 g/mol. The molecule has 0 heterocycles. The third kappa shape index (κ3) is 2.46. The van der Waals surface area contributed by atoms with Gasteiger partial charge in [0, 0.05) is 6.54 Å². The Hall–Kier alpha value is -1.57. The van der Waals surface area contributed by atoms with Crippen molar-refractivity contribution in [2.45, 2.75) is 12.3 Å². The van der Waals surface area contributed by atoms with Gasteiger partial charge in [-0.1, -0.05) is 36.9 Å². The second kappa shape index (κ2) is 4.30. The minimum absolute atomic E-state index is 0.0753.